The van der Waals surface area contributed by atoms with E-state index >= 15 is 0 Å². The minimum absolute atomic E-state index is 0.632. The lowest BCUT2D eigenvalue weighted by Gasteiger charge is -2.24. The van der Waals surface area contributed by atoms with Gasteiger partial charge in [-0.15, -0.1) is 0 Å². The Bertz CT molecular complexity index is 98.5. The molecule has 0 amide bonds. The summed E-state index contributed by atoms with van der Waals surface area (Å²) in [5.74, 6) is 0. The summed E-state index contributed by atoms with van der Waals surface area (Å²) in [6, 6.07) is 0. The van der Waals surface area contributed by atoms with Crippen molar-refractivity contribution in [2.75, 3.05) is 0 Å². The normalized spacial score (nSPS) is 19.2. The summed E-state index contributed by atoms with van der Waals surface area (Å²) in [4.78, 5) is 0. The summed E-state index contributed by atoms with van der Waals surface area (Å²) >= 11 is 0. The maximum Gasteiger partial charge on any atom is 0.416 e. The molecule has 9 heavy (non-hydrogen) atoms. The van der Waals surface area contributed by atoms with Gasteiger partial charge in [-0.3, -0.25) is 0 Å². The van der Waals surface area contributed by atoms with Gasteiger partial charge in [-0.1, -0.05) is 6.32 Å². The van der Waals surface area contributed by atoms with Gasteiger partial charge in [-0.05, 0) is 6.92 Å². The molecule has 0 spiro atoms. The third kappa shape index (κ3) is 1.89. The number of hydrogen-bond donors (Lipinski definition) is 1. The van der Waals surface area contributed by atoms with E-state index < -0.39 is 18.1 Å². The largest absolute Gasteiger partial charge is 0.416 e. The predicted octanol–water partition coefficient (Wildman–Crippen LogP) is 0.887. The molecule has 1 atom stereocenters. The van der Waals surface area contributed by atoms with Gasteiger partial charge in [0.05, 0.1) is 7.85 Å². The van der Waals surface area contributed by atoms with Crippen molar-refractivity contribution < 1.29 is 18.3 Å². The highest BCUT2D eigenvalue weighted by Gasteiger charge is 2.47. The van der Waals surface area contributed by atoms with Gasteiger partial charge in [0.1, 0.15) is 5.60 Å². The number of aliphatic hydroxyl groups is 1. The molecule has 5 heteroatoms. The highest BCUT2D eigenvalue weighted by atomic mass is 19.4. The summed E-state index contributed by atoms with van der Waals surface area (Å²) in [6.07, 6.45) is -5.43. The van der Waals surface area contributed by atoms with Crippen molar-refractivity contribution >= 4 is 7.85 Å². The van der Waals surface area contributed by atoms with Gasteiger partial charge >= 0.3 is 6.18 Å². The Morgan fingerprint density at radius 2 is 1.78 bits per heavy atom. The first-order chi connectivity index (χ1) is 3.81. The monoisotopic (exact) mass is 138 g/mol. The lowest BCUT2D eigenvalue weighted by molar-refractivity contribution is -0.244. The Morgan fingerprint density at radius 3 is 1.78 bits per heavy atom. The van der Waals surface area contributed by atoms with Crippen LogP contribution >= 0.6 is 0 Å². The predicted molar refractivity (Wildman–Crippen MR) is 27.2 cm³/mol. The molecule has 0 aromatic carbocycles. The fourth-order valence-corrected chi connectivity index (χ4v) is 0.116. The molecule has 0 aliphatic rings. The Balaban J connectivity index is 4.14. The summed E-state index contributed by atoms with van der Waals surface area (Å²) < 4.78 is 34.5. The Hall–Kier alpha value is -0.185. The smallest absolute Gasteiger partial charge is 0.382 e. The minimum atomic E-state index is -4.62. The third-order valence-corrected chi connectivity index (χ3v) is 1.01. The van der Waals surface area contributed by atoms with Gasteiger partial charge in [0.15, 0.2) is 0 Å². The van der Waals surface area contributed by atoms with Crippen LogP contribution in [0.25, 0.3) is 0 Å². The quantitative estimate of drug-likeness (QED) is 0.533. The molecule has 0 saturated carbocycles. The molecular formula is C4H6BF3O. The molecule has 0 heterocycles. The van der Waals surface area contributed by atoms with Crippen LogP contribution in [-0.2, 0) is 0 Å². The van der Waals surface area contributed by atoms with E-state index in [-0.39, 0.29) is 0 Å². The molecule has 0 aromatic heterocycles. The SMILES string of the molecule is [B]CC(C)(O)C(F)(F)F. The summed E-state index contributed by atoms with van der Waals surface area (Å²) in [6.45, 7) is 0.632. The molecule has 0 rings (SSSR count). The zero-order chi connectivity index (χ0) is 7.71. The summed E-state index contributed by atoms with van der Waals surface area (Å²) in [5.41, 5.74) is -2.74. The zero-order valence-corrected chi connectivity index (χ0v) is 4.87. The topological polar surface area (TPSA) is 20.2 Å². The molecule has 1 unspecified atom stereocenters. The first-order valence-corrected chi connectivity index (χ1v) is 2.30. The lowest BCUT2D eigenvalue weighted by Crippen LogP contribution is -2.41. The first-order valence-electron chi connectivity index (χ1n) is 2.30. The van der Waals surface area contributed by atoms with Gasteiger partial charge in [0.25, 0.3) is 0 Å². The minimum Gasteiger partial charge on any atom is -0.382 e. The fourth-order valence-electron chi connectivity index (χ4n) is 0.116. The van der Waals surface area contributed by atoms with Crippen LogP contribution in [0.4, 0.5) is 13.2 Å². The number of alkyl halides is 3. The molecule has 1 nitrogen and oxygen atoms in total. The molecule has 0 aliphatic carbocycles. The fraction of sp³-hybridized carbons (Fsp3) is 1.00. The number of halogens is 3. The molecule has 0 bridgehead atoms. The van der Waals surface area contributed by atoms with E-state index in [0.717, 1.165) is 0 Å². The van der Waals surface area contributed by atoms with Crippen LogP contribution in [0.15, 0.2) is 0 Å². The van der Waals surface area contributed by atoms with Crippen molar-refractivity contribution in [2.45, 2.75) is 25.0 Å². The second-order valence-corrected chi connectivity index (χ2v) is 1.98. The molecular weight excluding hydrogens is 132 g/mol. The van der Waals surface area contributed by atoms with Crippen molar-refractivity contribution in [1.82, 2.24) is 0 Å². The van der Waals surface area contributed by atoms with E-state index in [1.54, 1.807) is 0 Å². The van der Waals surface area contributed by atoms with E-state index in [0.29, 0.717) is 6.92 Å². The lowest BCUT2D eigenvalue weighted by atomic mass is 9.88. The van der Waals surface area contributed by atoms with Crippen molar-refractivity contribution in [2.24, 2.45) is 0 Å². The molecule has 52 valence electrons. The van der Waals surface area contributed by atoms with E-state index in [9.17, 15) is 13.2 Å². The maximum atomic E-state index is 11.5. The van der Waals surface area contributed by atoms with Gasteiger partial charge < -0.3 is 5.11 Å². The third-order valence-electron chi connectivity index (χ3n) is 1.01. The van der Waals surface area contributed by atoms with Crippen LogP contribution < -0.4 is 0 Å². The van der Waals surface area contributed by atoms with Crippen LogP contribution in [-0.4, -0.2) is 24.7 Å². The van der Waals surface area contributed by atoms with Crippen molar-refractivity contribution in [3.05, 3.63) is 0 Å². The van der Waals surface area contributed by atoms with Crippen LogP contribution in [0.5, 0.6) is 0 Å². The average Bonchev–Trinajstić information content (AvgIpc) is 1.64. The zero-order valence-electron chi connectivity index (χ0n) is 4.87. The van der Waals surface area contributed by atoms with Crippen LogP contribution in [0.1, 0.15) is 6.92 Å². The van der Waals surface area contributed by atoms with Gasteiger partial charge in [-0.2, -0.15) is 13.2 Å². The molecule has 1 N–H and O–H groups in total. The standard InChI is InChI=1S/C4H6BF3O/c1-3(9,2-5)4(6,7)8/h9H,2H2,1H3. The second-order valence-electron chi connectivity index (χ2n) is 1.98. The Labute approximate surface area is 52.3 Å². The van der Waals surface area contributed by atoms with Gasteiger partial charge in [0, 0.05) is 0 Å². The second kappa shape index (κ2) is 2.21. The number of rotatable bonds is 1. The van der Waals surface area contributed by atoms with E-state index in [4.69, 9.17) is 5.11 Å². The maximum absolute atomic E-state index is 11.5. The van der Waals surface area contributed by atoms with Crippen LogP contribution in [0.3, 0.4) is 0 Å². The Morgan fingerprint density at radius 1 is 1.44 bits per heavy atom. The van der Waals surface area contributed by atoms with Crippen molar-refractivity contribution in [3.63, 3.8) is 0 Å². The van der Waals surface area contributed by atoms with E-state index in [2.05, 4.69) is 7.85 Å². The highest BCUT2D eigenvalue weighted by Crippen LogP contribution is 2.31. The average molecular weight is 138 g/mol. The molecule has 2 radical (unpaired) electrons. The molecule has 0 saturated heterocycles. The summed E-state index contributed by atoms with van der Waals surface area (Å²) in [7, 11) is 4.62. The van der Waals surface area contributed by atoms with Crippen molar-refractivity contribution in [3.8, 4) is 0 Å². The van der Waals surface area contributed by atoms with Crippen LogP contribution in [0, 0.1) is 0 Å². The van der Waals surface area contributed by atoms with Crippen LogP contribution in [0.2, 0.25) is 6.32 Å². The van der Waals surface area contributed by atoms with E-state index in [1.807, 2.05) is 0 Å². The van der Waals surface area contributed by atoms with Gasteiger partial charge in [-0.25, -0.2) is 0 Å². The number of hydrogen-bond acceptors (Lipinski definition) is 1. The first kappa shape index (κ1) is 8.81. The van der Waals surface area contributed by atoms with E-state index in [1.165, 1.54) is 0 Å². The Kier molecular flexibility index (Phi) is 2.16. The molecule has 0 fully saturated rings. The van der Waals surface area contributed by atoms with Crippen molar-refractivity contribution in [1.29, 1.82) is 0 Å². The molecule has 0 aliphatic heterocycles. The van der Waals surface area contributed by atoms with Gasteiger partial charge in [0.2, 0.25) is 0 Å². The molecule has 0 aromatic rings. The highest BCUT2D eigenvalue weighted by molar-refractivity contribution is 6.09. The summed E-state index contributed by atoms with van der Waals surface area (Å²) in [5, 5.41) is 8.41.